The molecule has 33 heavy (non-hydrogen) atoms. The number of rotatable bonds is 9. The number of hydrogen-bond acceptors (Lipinski definition) is 5. The fraction of sp³-hybridized carbons (Fsp3) is 0.308. The van der Waals surface area contributed by atoms with Gasteiger partial charge in [-0.05, 0) is 75.4 Å². The third-order valence-corrected chi connectivity index (χ3v) is 5.55. The second kappa shape index (κ2) is 10.4. The molecular formula is C26H29FN2O4. The van der Waals surface area contributed by atoms with Gasteiger partial charge in [-0.1, -0.05) is 24.8 Å². The lowest BCUT2D eigenvalue weighted by molar-refractivity contribution is -0.139. The molecular weight excluding hydrogens is 423 g/mol. The first-order chi connectivity index (χ1) is 15.7. The van der Waals surface area contributed by atoms with Crippen molar-refractivity contribution in [1.82, 2.24) is 9.80 Å². The zero-order valence-corrected chi connectivity index (χ0v) is 19.2. The molecule has 0 aromatic heterocycles. The molecule has 1 amide bonds. The highest BCUT2D eigenvalue weighted by Crippen LogP contribution is 2.40. The molecule has 0 aliphatic carbocycles. The molecule has 1 atom stereocenters. The molecule has 0 radical (unpaired) electrons. The van der Waals surface area contributed by atoms with E-state index in [0.717, 1.165) is 6.54 Å². The summed E-state index contributed by atoms with van der Waals surface area (Å²) >= 11 is 0. The van der Waals surface area contributed by atoms with Crippen LogP contribution in [0.2, 0.25) is 0 Å². The van der Waals surface area contributed by atoms with Crippen molar-refractivity contribution in [3.8, 4) is 5.75 Å². The Hall–Kier alpha value is -3.45. The van der Waals surface area contributed by atoms with Crippen LogP contribution in [0.4, 0.5) is 4.39 Å². The van der Waals surface area contributed by atoms with Crippen molar-refractivity contribution in [3.63, 3.8) is 0 Å². The second-order valence-corrected chi connectivity index (χ2v) is 8.28. The van der Waals surface area contributed by atoms with E-state index >= 15 is 0 Å². The summed E-state index contributed by atoms with van der Waals surface area (Å²) in [4.78, 5) is 29.5. The number of ether oxygens (including phenoxy) is 1. The van der Waals surface area contributed by atoms with Crippen molar-refractivity contribution in [2.45, 2.75) is 19.4 Å². The normalized spacial score (nSPS) is 17.6. The van der Waals surface area contributed by atoms with E-state index < -0.39 is 23.5 Å². The number of nitrogens with zero attached hydrogens (tertiary/aromatic N) is 2. The Labute approximate surface area is 193 Å². The Bertz CT molecular complexity index is 1080. The molecule has 0 unspecified atom stereocenters. The Morgan fingerprint density at radius 1 is 1.21 bits per heavy atom. The Balaban J connectivity index is 2.07. The zero-order valence-electron chi connectivity index (χ0n) is 19.2. The smallest absolute Gasteiger partial charge is 0.295 e. The minimum atomic E-state index is -0.802. The molecule has 174 valence electrons. The maximum Gasteiger partial charge on any atom is 0.295 e. The first-order valence-corrected chi connectivity index (χ1v) is 10.8. The van der Waals surface area contributed by atoms with E-state index in [4.69, 9.17) is 4.74 Å². The number of amides is 1. The van der Waals surface area contributed by atoms with Gasteiger partial charge in [0.05, 0.1) is 11.6 Å². The van der Waals surface area contributed by atoms with Crippen LogP contribution < -0.4 is 4.74 Å². The third-order valence-electron chi connectivity index (χ3n) is 5.55. The van der Waals surface area contributed by atoms with Crippen LogP contribution in [-0.4, -0.2) is 60.4 Å². The summed E-state index contributed by atoms with van der Waals surface area (Å²) in [6.07, 6.45) is 2.27. The van der Waals surface area contributed by atoms with Crippen LogP contribution in [0, 0.1) is 12.7 Å². The number of carbonyl (C=O) groups is 2. The minimum Gasteiger partial charge on any atom is -0.507 e. The fourth-order valence-corrected chi connectivity index (χ4v) is 3.95. The minimum absolute atomic E-state index is 0.000629. The van der Waals surface area contributed by atoms with Gasteiger partial charge in [-0.15, -0.1) is 0 Å². The van der Waals surface area contributed by atoms with E-state index in [0.29, 0.717) is 42.0 Å². The first-order valence-electron chi connectivity index (χ1n) is 10.8. The number of aliphatic hydroxyl groups excluding tert-OH is 1. The summed E-state index contributed by atoms with van der Waals surface area (Å²) in [5, 5.41) is 11.2. The van der Waals surface area contributed by atoms with Crippen LogP contribution in [0.15, 0.2) is 60.7 Å². The molecule has 1 saturated heterocycles. The predicted molar refractivity (Wildman–Crippen MR) is 125 cm³/mol. The van der Waals surface area contributed by atoms with E-state index in [1.165, 1.54) is 29.2 Å². The largest absolute Gasteiger partial charge is 0.507 e. The third kappa shape index (κ3) is 5.31. The first kappa shape index (κ1) is 24.2. The summed E-state index contributed by atoms with van der Waals surface area (Å²) in [5.74, 6) is -1.51. The van der Waals surface area contributed by atoms with Crippen molar-refractivity contribution < 1.29 is 23.8 Å². The molecule has 2 aromatic carbocycles. The number of ketones is 1. The van der Waals surface area contributed by atoms with Gasteiger partial charge in [-0.25, -0.2) is 4.39 Å². The molecule has 0 saturated carbocycles. The summed E-state index contributed by atoms with van der Waals surface area (Å²) in [6, 6.07) is 9.94. The molecule has 1 aliphatic heterocycles. The molecule has 1 heterocycles. The zero-order chi connectivity index (χ0) is 24.1. The molecule has 0 spiro atoms. The average Bonchev–Trinajstić information content (AvgIpc) is 3.02. The van der Waals surface area contributed by atoms with Crippen LogP contribution in [-0.2, 0) is 9.59 Å². The molecule has 6 nitrogen and oxygen atoms in total. The lowest BCUT2D eigenvalue weighted by Gasteiger charge is -2.26. The number of carbonyl (C=O) groups excluding carboxylic acids is 2. The highest BCUT2D eigenvalue weighted by Gasteiger charge is 2.45. The molecule has 1 aliphatic rings. The topological polar surface area (TPSA) is 70.1 Å². The van der Waals surface area contributed by atoms with E-state index in [1.54, 1.807) is 31.2 Å². The fourth-order valence-electron chi connectivity index (χ4n) is 3.95. The van der Waals surface area contributed by atoms with E-state index in [9.17, 15) is 19.1 Å². The number of aliphatic hydroxyl groups is 1. The summed E-state index contributed by atoms with van der Waals surface area (Å²) in [5.41, 5.74) is 1.68. The van der Waals surface area contributed by atoms with Crippen molar-refractivity contribution >= 4 is 17.4 Å². The van der Waals surface area contributed by atoms with Crippen molar-refractivity contribution in [1.29, 1.82) is 0 Å². The van der Waals surface area contributed by atoms with Crippen LogP contribution in [0.3, 0.4) is 0 Å². The quantitative estimate of drug-likeness (QED) is 0.269. The molecule has 3 rings (SSSR count). The van der Waals surface area contributed by atoms with Gasteiger partial charge in [0.2, 0.25) is 0 Å². The molecule has 2 aromatic rings. The van der Waals surface area contributed by atoms with Gasteiger partial charge in [0.25, 0.3) is 11.7 Å². The predicted octanol–water partition coefficient (Wildman–Crippen LogP) is 4.07. The van der Waals surface area contributed by atoms with Crippen molar-refractivity contribution in [2.24, 2.45) is 0 Å². The summed E-state index contributed by atoms with van der Waals surface area (Å²) in [6.45, 7) is 6.80. The standard InChI is InChI=1S/C26H29FN2O4/c1-5-15-33-20-11-12-21(17(2)16-20)24(30)22-23(18-7-9-19(27)10-8-18)29(26(32)25(22)31)14-6-13-28(3)4/h5,7-12,16,23,30H,1,6,13-15H2,2-4H3/t23-/m0/s1. The average molecular weight is 453 g/mol. The van der Waals surface area contributed by atoms with E-state index in [-0.39, 0.29) is 11.3 Å². The summed E-state index contributed by atoms with van der Waals surface area (Å²) < 4.78 is 19.1. The van der Waals surface area contributed by atoms with Gasteiger partial charge in [0, 0.05) is 12.1 Å². The number of halogens is 1. The Kier molecular flexibility index (Phi) is 7.66. The van der Waals surface area contributed by atoms with Crippen LogP contribution in [0.5, 0.6) is 5.75 Å². The summed E-state index contributed by atoms with van der Waals surface area (Å²) in [7, 11) is 3.85. The van der Waals surface area contributed by atoms with Gasteiger partial charge < -0.3 is 19.6 Å². The van der Waals surface area contributed by atoms with Gasteiger partial charge in [-0.2, -0.15) is 0 Å². The van der Waals surface area contributed by atoms with Crippen molar-refractivity contribution in [3.05, 3.63) is 83.2 Å². The number of likely N-dealkylation sites (tertiary alicyclic amines) is 1. The van der Waals surface area contributed by atoms with Crippen LogP contribution >= 0.6 is 0 Å². The van der Waals surface area contributed by atoms with Gasteiger partial charge >= 0.3 is 0 Å². The number of hydrogen-bond donors (Lipinski definition) is 1. The molecule has 7 heteroatoms. The van der Waals surface area contributed by atoms with E-state index in [2.05, 4.69) is 6.58 Å². The lowest BCUT2D eigenvalue weighted by Crippen LogP contribution is -2.32. The molecule has 1 fully saturated rings. The molecule has 0 bridgehead atoms. The number of aryl methyl sites for hydroxylation is 1. The monoisotopic (exact) mass is 452 g/mol. The Morgan fingerprint density at radius 2 is 1.91 bits per heavy atom. The highest BCUT2D eigenvalue weighted by molar-refractivity contribution is 6.46. The van der Waals surface area contributed by atoms with Crippen molar-refractivity contribution in [2.75, 3.05) is 33.8 Å². The maximum atomic E-state index is 13.6. The van der Waals surface area contributed by atoms with Gasteiger partial charge in [-0.3, -0.25) is 9.59 Å². The van der Waals surface area contributed by atoms with Crippen LogP contribution in [0.1, 0.15) is 29.2 Å². The number of benzene rings is 2. The molecule has 1 N–H and O–H groups in total. The Morgan fingerprint density at radius 3 is 2.52 bits per heavy atom. The second-order valence-electron chi connectivity index (χ2n) is 8.28. The van der Waals surface area contributed by atoms with Crippen LogP contribution in [0.25, 0.3) is 5.76 Å². The maximum absolute atomic E-state index is 13.6. The van der Waals surface area contributed by atoms with Gasteiger partial charge in [0.15, 0.2) is 0 Å². The van der Waals surface area contributed by atoms with Gasteiger partial charge in [0.1, 0.15) is 23.9 Å². The highest BCUT2D eigenvalue weighted by atomic mass is 19.1. The van der Waals surface area contributed by atoms with E-state index in [1.807, 2.05) is 19.0 Å². The SMILES string of the molecule is C=CCOc1ccc(C(O)=C2C(=O)C(=O)N(CCCN(C)C)[C@H]2c2ccc(F)cc2)c(C)c1. The lowest BCUT2D eigenvalue weighted by atomic mass is 9.94. The number of Topliss-reactive ketones (excluding diaryl/α,β-unsaturated/α-hetero) is 1.